The molecule has 1 atom stereocenters. The van der Waals surface area contributed by atoms with E-state index in [2.05, 4.69) is 18.2 Å². The number of hydrogen-bond acceptors (Lipinski definition) is 2. The third-order valence-electron chi connectivity index (χ3n) is 3.69. The second-order valence-electron chi connectivity index (χ2n) is 4.95. The average molecular weight is 230 g/mol. The summed E-state index contributed by atoms with van der Waals surface area (Å²) in [6.07, 6.45) is 7.47. The summed E-state index contributed by atoms with van der Waals surface area (Å²) in [5, 5.41) is 9.51. The maximum Gasteiger partial charge on any atom is 0.0932 e. The van der Waals surface area contributed by atoms with Gasteiger partial charge in [0.05, 0.1) is 11.9 Å². The minimum absolute atomic E-state index is 0.286. The van der Waals surface area contributed by atoms with Gasteiger partial charge in [-0.1, -0.05) is 18.2 Å². The largest absolute Gasteiger partial charge is 0.512 e. The summed E-state index contributed by atoms with van der Waals surface area (Å²) in [6.45, 7) is 0.891. The fourth-order valence-electron chi connectivity index (χ4n) is 2.70. The van der Waals surface area contributed by atoms with Crippen LogP contribution in [0.5, 0.6) is 0 Å². The fraction of sp³-hybridized carbons (Fsp3) is 0.467. The van der Waals surface area contributed by atoms with Gasteiger partial charge in [-0.2, -0.15) is 0 Å². The van der Waals surface area contributed by atoms with Crippen molar-refractivity contribution in [3.05, 3.63) is 40.6 Å². The highest BCUT2D eigenvalue weighted by Crippen LogP contribution is 2.31. The second-order valence-corrected chi connectivity index (χ2v) is 4.95. The zero-order valence-corrected chi connectivity index (χ0v) is 9.98. The van der Waals surface area contributed by atoms with Crippen molar-refractivity contribution in [3.8, 4) is 0 Å². The van der Waals surface area contributed by atoms with E-state index in [4.69, 9.17) is 4.74 Å². The van der Waals surface area contributed by atoms with Crippen molar-refractivity contribution in [1.29, 1.82) is 0 Å². The number of fused-ring (bicyclic) bond motifs is 1. The molecular weight excluding hydrogens is 212 g/mol. The van der Waals surface area contributed by atoms with E-state index in [-0.39, 0.29) is 6.10 Å². The van der Waals surface area contributed by atoms with E-state index in [1.165, 1.54) is 24.0 Å². The molecule has 1 fully saturated rings. The molecule has 1 aliphatic carbocycles. The summed E-state index contributed by atoms with van der Waals surface area (Å²) in [7, 11) is 0. The van der Waals surface area contributed by atoms with Crippen LogP contribution in [-0.2, 0) is 11.2 Å². The van der Waals surface area contributed by atoms with Crippen molar-refractivity contribution in [2.45, 2.75) is 38.2 Å². The van der Waals surface area contributed by atoms with Crippen molar-refractivity contribution in [3.63, 3.8) is 0 Å². The summed E-state index contributed by atoms with van der Waals surface area (Å²) in [6, 6.07) is 6.51. The Morgan fingerprint density at radius 2 is 2.12 bits per heavy atom. The van der Waals surface area contributed by atoms with E-state index < -0.39 is 0 Å². The van der Waals surface area contributed by atoms with Crippen LogP contribution in [0.2, 0.25) is 0 Å². The molecule has 1 aromatic carbocycles. The highest BCUT2D eigenvalue weighted by atomic mass is 16.5. The molecule has 0 radical (unpaired) electrons. The van der Waals surface area contributed by atoms with Crippen LogP contribution < -0.4 is 0 Å². The van der Waals surface area contributed by atoms with E-state index in [0.29, 0.717) is 5.76 Å². The molecule has 0 saturated carbocycles. The third-order valence-corrected chi connectivity index (χ3v) is 3.69. The smallest absolute Gasteiger partial charge is 0.0932 e. The number of aryl methyl sites for hydroxylation is 1. The Hall–Kier alpha value is -1.28. The molecule has 0 amide bonds. The van der Waals surface area contributed by atoms with Gasteiger partial charge in [0.25, 0.3) is 0 Å². The Morgan fingerprint density at radius 3 is 2.94 bits per heavy atom. The van der Waals surface area contributed by atoms with E-state index in [9.17, 15) is 5.11 Å². The van der Waals surface area contributed by atoms with E-state index in [1.54, 1.807) is 0 Å². The average Bonchev–Trinajstić information content (AvgIpc) is 2.39. The Labute approximate surface area is 102 Å². The molecule has 0 spiro atoms. The van der Waals surface area contributed by atoms with Gasteiger partial charge < -0.3 is 9.84 Å². The van der Waals surface area contributed by atoms with Gasteiger partial charge in [-0.15, -0.1) is 0 Å². The van der Waals surface area contributed by atoms with Crippen LogP contribution in [0.3, 0.4) is 0 Å². The molecule has 1 N–H and O–H groups in total. The lowest BCUT2D eigenvalue weighted by Crippen LogP contribution is -2.12. The maximum absolute atomic E-state index is 9.51. The van der Waals surface area contributed by atoms with Crippen LogP contribution in [0.4, 0.5) is 0 Å². The molecule has 1 saturated heterocycles. The monoisotopic (exact) mass is 230 g/mol. The standard InChI is InChI=1S/C15H18O2/c16-14-7-6-11-9-13(5-4-12(11)10-14)15-3-1-2-8-17-15/h4-5,9-10,15-16H,1-3,6-8H2. The topological polar surface area (TPSA) is 29.5 Å². The first-order chi connectivity index (χ1) is 8.33. The maximum atomic E-state index is 9.51. The van der Waals surface area contributed by atoms with Gasteiger partial charge in [0, 0.05) is 13.0 Å². The van der Waals surface area contributed by atoms with Gasteiger partial charge in [0.2, 0.25) is 0 Å². The van der Waals surface area contributed by atoms with Crippen molar-refractivity contribution in [2.75, 3.05) is 6.61 Å². The molecule has 1 heterocycles. The second kappa shape index (κ2) is 4.53. The highest BCUT2D eigenvalue weighted by molar-refractivity contribution is 5.58. The van der Waals surface area contributed by atoms with Crippen molar-refractivity contribution in [1.82, 2.24) is 0 Å². The lowest BCUT2D eigenvalue weighted by Gasteiger charge is -2.24. The van der Waals surface area contributed by atoms with Crippen molar-refractivity contribution < 1.29 is 9.84 Å². The molecule has 90 valence electrons. The minimum atomic E-state index is 0.286. The number of ether oxygens (including phenoxy) is 1. The van der Waals surface area contributed by atoms with Crippen LogP contribution in [0.1, 0.15) is 48.5 Å². The summed E-state index contributed by atoms with van der Waals surface area (Å²) in [5.74, 6) is 0.499. The number of rotatable bonds is 1. The van der Waals surface area contributed by atoms with Gasteiger partial charge in [0.1, 0.15) is 0 Å². The van der Waals surface area contributed by atoms with E-state index >= 15 is 0 Å². The van der Waals surface area contributed by atoms with Crippen LogP contribution in [0, 0.1) is 0 Å². The van der Waals surface area contributed by atoms with Crippen LogP contribution in [-0.4, -0.2) is 11.7 Å². The fourth-order valence-corrected chi connectivity index (χ4v) is 2.70. The van der Waals surface area contributed by atoms with E-state index in [1.807, 2.05) is 6.08 Å². The molecule has 1 aliphatic heterocycles. The molecular formula is C15H18O2. The molecule has 17 heavy (non-hydrogen) atoms. The summed E-state index contributed by atoms with van der Waals surface area (Å²) in [5.41, 5.74) is 3.81. The first kappa shape index (κ1) is 10.8. The van der Waals surface area contributed by atoms with Gasteiger partial charge in [-0.3, -0.25) is 0 Å². The Balaban J connectivity index is 1.88. The molecule has 2 aliphatic rings. The summed E-state index contributed by atoms with van der Waals surface area (Å²) < 4.78 is 5.81. The summed E-state index contributed by atoms with van der Waals surface area (Å²) in [4.78, 5) is 0. The predicted octanol–water partition coefficient (Wildman–Crippen LogP) is 3.77. The number of hydrogen-bond donors (Lipinski definition) is 1. The Bertz CT molecular complexity index is 442. The van der Waals surface area contributed by atoms with Gasteiger partial charge in [-0.05, 0) is 48.4 Å². The zero-order chi connectivity index (χ0) is 11.7. The van der Waals surface area contributed by atoms with Gasteiger partial charge in [-0.25, -0.2) is 0 Å². The molecule has 1 aromatic rings. The zero-order valence-electron chi connectivity index (χ0n) is 9.98. The lowest BCUT2D eigenvalue weighted by atomic mass is 9.91. The molecule has 3 rings (SSSR count). The molecule has 1 unspecified atom stereocenters. The number of aliphatic hydroxyl groups is 1. The number of aliphatic hydroxyl groups excluding tert-OH is 1. The van der Waals surface area contributed by atoms with Crippen LogP contribution in [0.25, 0.3) is 6.08 Å². The number of benzene rings is 1. The van der Waals surface area contributed by atoms with E-state index in [0.717, 1.165) is 31.4 Å². The Morgan fingerprint density at radius 1 is 1.18 bits per heavy atom. The molecule has 0 aromatic heterocycles. The molecule has 0 bridgehead atoms. The Kier molecular flexibility index (Phi) is 2.89. The molecule has 2 heteroatoms. The first-order valence-corrected chi connectivity index (χ1v) is 6.47. The SMILES string of the molecule is OC1=Cc2ccc(C3CCCCO3)cc2CC1. The van der Waals surface area contributed by atoms with Crippen LogP contribution in [0.15, 0.2) is 24.0 Å². The highest BCUT2D eigenvalue weighted by Gasteiger charge is 2.18. The predicted molar refractivity (Wildman–Crippen MR) is 67.9 cm³/mol. The third kappa shape index (κ3) is 2.22. The minimum Gasteiger partial charge on any atom is -0.512 e. The normalized spacial score (nSPS) is 24.0. The first-order valence-electron chi connectivity index (χ1n) is 6.47. The lowest BCUT2D eigenvalue weighted by molar-refractivity contribution is 0.0149. The quantitative estimate of drug-likeness (QED) is 0.795. The van der Waals surface area contributed by atoms with Crippen molar-refractivity contribution in [2.24, 2.45) is 0 Å². The van der Waals surface area contributed by atoms with Crippen LogP contribution >= 0.6 is 0 Å². The molecule has 2 nitrogen and oxygen atoms in total. The van der Waals surface area contributed by atoms with Gasteiger partial charge >= 0.3 is 0 Å². The summed E-state index contributed by atoms with van der Waals surface area (Å²) >= 11 is 0. The number of allylic oxidation sites excluding steroid dienone is 1. The van der Waals surface area contributed by atoms with Crippen molar-refractivity contribution >= 4 is 6.08 Å². The van der Waals surface area contributed by atoms with Gasteiger partial charge in [0.15, 0.2) is 0 Å².